The molecule has 1 aliphatic rings. The number of hydrogen-bond acceptors (Lipinski definition) is 1. The third kappa shape index (κ3) is 2.80. The van der Waals surface area contributed by atoms with Gasteiger partial charge < -0.3 is 4.90 Å². The maximum Gasteiger partial charge on any atom is 0.256 e. The Balaban J connectivity index is 2.01. The van der Waals surface area contributed by atoms with Crippen LogP contribution >= 0.6 is 11.6 Å². The molecule has 1 saturated carbocycles. The Morgan fingerprint density at radius 3 is 2.67 bits per heavy atom. The summed E-state index contributed by atoms with van der Waals surface area (Å²) in [4.78, 5) is 13.4. The second kappa shape index (κ2) is 5.22. The van der Waals surface area contributed by atoms with Crippen LogP contribution in [0.4, 0.5) is 8.78 Å². The first-order valence-corrected chi connectivity index (χ1v) is 6.25. The molecule has 0 aliphatic heterocycles. The summed E-state index contributed by atoms with van der Waals surface area (Å²) in [6, 6.07) is 2.98. The molecule has 0 bridgehead atoms. The van der Waals surface area contributed by atoms with Crippen molar-refractivity contribution in [2.45, 2.75) is 18.2 Å². The molecular weight excluding hydrogens is 260 g/mol. The van der Waals surface area contributed by atoms with Crippen molar-refractivity contribution in [3.8, 4) is 0 Å². The molecule has 1 aromatic rings. The molecule has 0 unspecified atom stereocenters. The van der Waals surface area contributed by atoms with Crippen LogP contribution in [0.1, 0.15) is 23.2 Å². The van der Waals surface area contributed by atoms with E-state index in [9.17, 15) is 13.6 Å². The normalized spacial score (nSPS) is 22.4. The van der Waals surface area contributed by atoms with Crippen LogP contribution in [0.5, 0.6) is 0 Å². The lowest BCUT2D eigenvalue weighted by atomic mass is 9.84. The monoisotopic (exact) mass is 273 g/mol. The van der Waals surface area contributed by atoms with Crippen LogP contribution in [0, 0.1) is 17.6 Å². The van der Waals surface area contributed by atoms with Crippen LogP contribution in [0.15, 0.2) is 18.2 Å². The SMILES string of the molecule is CN(CC1CC(Cl)C1)C(=O)c1ccc(F)cc1F. The lowest BCUT2D eigenvalue weighted by Crippen LogP contribution is -2.38. The molecule has 18 heavy (non-hydrogen) atoms. The zero-order chi connectivity index (χ0) is 13.3. The van der Waals surface area contributed by atoms with Crippen LogP contribution < -0.4 is 0 Å². The molecule has 2 rings (SSSR count). The van der Waals surface area contributed by atoms with Crippen molar-refractivity contribution < 1.29 is 13.6 Å². The topological polar surface area (TPSA) is 20.3 Å². The standard InChI is InChI=1S/C13H14ClF2NO/c1-17(7-8-4-9(14)5-8)13(18)11-3-2-10(15)6-12(11)16/h2-3,6,8-9H,4-5,7H2,1H3. The minimum Gasteiger partial charge on any atom is -0.341 e. The van der Waals surface area contributed by atoms with E-state index in [-0.39, 0.29) is 10.9 Å². The third-order valence-electron chi connectivity index (χ3n) is 3.22. The molecule has 98 valence electrons. The van der Waals surface area contributed by atoms with Gasteiger partial charge in [0, 0.05) is 25.0 Å². The number of amides is 1. The van der Waals surface area contributed by atoms with Crippen molar-refractivity contribution in [1.82, 2.24) is 4.90 Å². The van der Waals surface area contributed by atoms with Crippen molar-refractivity contribution in [1.29, 1.82) is 0 Å². The van der Waals surface area contributed by atoms with Crippen molar-refractivity contribution in [2.75, 3.05) is 13.6 Å². The van der Waals surface area contributed by atoms with Crippen molar-refractivity contribution in [3.05, 3.63) is 35.4 Å². The van der Waals surface area contributed by atoms with Crippen LogP contribution in [-0.2, 0) is 0 Å². The van der Waals surface area contributed by atoms with Gasteiger partial charge in [0.1, 0.15) is 11.6 Å². The second-order valence-electron chi connectivity index (χ2n) is 4.74. The van der Waals surface area contributed by atoms with Crippen molar-refractivity contribution in [3.63, 3.8) is 0 Å². The van der Waals surface area contributed by atoms with Crippen molar-refractivity contribution in [2.24, 2.45) is 5.92 Å². The van der Waals surface area contributed by atoms with E-state index < -0.39 is 17.5 Å². The maximum atomic E-state index is 13.4. The number of carbonyl (C=O) groups is 1. The van der Waals surface area contributed by atoms with Gasteiger partial charge in [-0.1, -0.05) is 0 Å². The third-order valence-corrected chi connectivity index (χ3v) is 3.57. The van der Waals surface area contributed by atoms with Crippen LogP contribution in [0.2, 0.25) is 0 Å². The summed E-state index contributed by atoms with van der Waals surface area (Å²) in [5, 5.41) is 0.195. The highest BCUT2D eigenvalue weighted by Crippen LogP contribution is 2.32. The Bertz CT molecular complexity index is 460. The molecule has 0 heterocycles. The predicted molar refractivity (Wildman–Crippen MR) is 65.7 cm³/mol. The molecular formula is C13H14ClF2NO. The van der Waals surface area contributed by atoms with Gasteiger partial charge in [-0.3, -0.25) is 4.79 Å². The summed E-state index contributed by atoms with van der Waals surface area (Å²) in [6.07, 6.45) is 1.76. The van der Waals surface area contributed by atoms with E-state index in [1.54, 1.807) is 7.05 Å². The van der Waals surface area contributed by atoms with Gasteiger partial charge in [-0.05, 0) is 30.9 Å². The number of carbonyl (C=O) groups excluding carboxylic acids is 1. The van der Waals surface area contributed by atoms with E-state index in [0.717, 1.165) is 25.0 Å². The van der Waals surface area contributed by atoms with Crippen LogP contribution in [0.3, 0.4) is 0 Å². The lowest BCUT2D eigenvalue weighted by Gasteiger charge is -2.34. The minimum absolute atomic E-state index is 0.0966. The Labute approximate surface area is 110 Å². The van der Waals surface area contributed by atoms with Gasteiger partial charge in [0.05, 0.1) is 5.56 Å². The Kier molecular flexibility index (Phi) is 3.85. The Morgan fingerprint density at radius 1 is 1.44 bits per heavy atom. The van der Waals surface area contributed by atoms with Gasteiger partial charge >= 0.3 is 0 Å². The number of halogens is 3. The second-order valence-corrected chi connectivity index (χ2v) is 5.36. The zero-order valence-electron chi connectivity index (χ0n) is 10.00. The number of rotatable bonds is 3. The molecule has 1 aliphatic carbocycles. The average Bonchev–Trinajstić information content (AvgIpc) is 2.26. The molecule has 0 N–H and O–H groups in total. The first kappa shape index (κ1) is 13.3. The van der Waals surface area contributed by atoms with E-state index >= 15 is 0 Å². The van der Waals surface area contributed by atoms with Crippen LogP contribution in [-0.4, -0.2) is 29.8 Å². The van der Waals surface area contributed by atoms with Gasteiger partial charge in [0.2, 0.25) is 0 Å². The number of benzene rings is 1. The highest BCUT2D eigenvalue weighted by Gasteiger charge is 2.29. The molecule has 5 heteroatoms. The van der Waals surface area contributed by atoms with E-state index in [1.165, 1.54) is 11.0 Å². The zero-order valence-corrected chi connectivity index (χ0v) is 10.8. The number of hydrogen-bond donors (Lipinski definition) is 0. The van der Waals surface area contributed by atoms with Crippen molar-refractivity contribution >= 4 is 17.5 Å². The van der Waals surface area contributed by atoms with Gasteiger partial charge in [-0.25, -0.2) is 8.78 Å². The van der Waals surface area contributed by atoms with Gasteiger partial charge in [-0.15, -0.1) is 11.6 Å². The fraction of sp³-hybridized carbons (Fsp3) is 0.462. The summed E-state index contributed by atoms with van der Waals surface area (Å²) < 4.78 is 26.2. The molecule has 1 amide bonds. The predicted octanol–water partition coefficient (Wildman–Crippen LogP) is 3.05. The average molecular weight is 274 g/mol. The van der Waals surface area contributed by atoms with Gasteiger partial charge in [-0.2, -0.15) is 0 Å². The molecule has 0 radical (unpaired) electrons. The van der Waals surface area contributed by atoms with E-state index in [2.05, 4.69) is 0 Å². The first-order chi connectivity index (χ1) is 8.47. The fourth-order valence-electron chi connectivity index (χ4n) is 2.14. The minimum atomic E-state index is -0.823. The molecule has 2 nitrogen and oxygen atoms in total. The smallest absolute Gasteiger partial charge is 0.256 e. The van der Waals surface area contributed by atoms with Gasteiger partial charge in [0.15, 0.2) is 0 Å². The quantitative estimate of drug-likeness (QED) is 0.775. The summed E-state index contributed by atoms with van der Waals surface area (Å²) in [5.41, 5.74) is -0.0966. The van der Waals surface area contributed by atoms with E-state index in [0.29, 0.717) is 12.5 Å². The highest BCUT2D eigenvalue weighted by atomic mass is 35.5. The van der Waals surface area contributed by atoms with Crippen LogP contribution in [0.25, 0.3) is 0 Å². The first-order valence-electron chi connectivity index (χ1n) is 5.82. The largest absolute Gasteiger partial charge is 0.341 e. The molecule has 0 aromatic heterocycles. The van der Waals surface area contributed by atoms with E-state index in [4.69, 9.17) is 11.6 Å². The van der Waals surface area contributed by atoms with E-state index in [1.807, 2.05) is 0 Å². The summed E-state index contributed by atoms with van der Waals surface area (Å²) in [6.45, 7) is 0.554. The Hall–Kier alpha value is -1.16. The molecule has 0 spiro atoms. The summed E-state index contributed by atoms with van der Waals surface area (Å²) >= 11 is 5.86. The molecule has 1 fully saturated rings. The molecule has 1 aromatic carbocycles. The lowest BCUT2D eigenvalue weighted by molar-refractivity contribution is 0.0742. The highest BCUT2D eigenvalue weighted by molar-refractivity contribution is 6.21. The molecule has 0 atom stereocenters. The number of nitrogens with zero attached hydrogens (tertiary/aromatic N) is 1. The Morgan fingerprint density at radius 2 is 2.11 bits per heavy atom. The maximum absolute atomic E-state index is 13.4. The fourth-order valence-corrected chi connectivity index (χ4v) is 2.65. The summed E-state index contributed by atoms with van der Waals surface area (Å²) in [5.74, 6) is -1.55. The number of alkyl halides is 1. The molecule has 0 saturated heterocycles. The van der Waals surface area contributed by atoms with Gasteiger partial charge in [0.25, 0.3) is 5.91 Å². The summed E-state index contributed by atoms with van der Waals surface area (Å²) in [7, 11) is 1.62.